The monoisotopic (exact) mass is 267 g/mol. The lowest BCUT2D eigenvalue weighted by molar-refractivity contribution is -0.136. The van der Waals surface area contributed by atoms with E-state index < -0.39 is 0 Å². The van der Waals surface area contributed by atoms with E-state index in [4.69, 9.17) is 4.74 Å². The van der Waals surface area contributed by atoms with Crippen LogP contribution in [0.5, 0.6) is 0 Å². The smallest absolute Gasteiger partial charge is 0.244 e. The molecule has 0 saturated carbocycles. The lowest BCUT2D eigenvalue weighted by atomic mass is 10.3. The summed E-state index contributed by atoms with van der Waals surface area (Å²) in [6, 6.07) is 0.403. The lowest BCUT2D eigenvalue weighted by Gasteiger charge is -2.26. The van der Waals surface area contributed by atoms with Gasteiger partial charge in [-0.15, -0.1) is 5.10 Å². The maximum Gasteiger partial charge on any atom is 0.244 e. The van der Waals surface area contributed by atoms with Gasteiger partial charge in [-0.2, -0.15) is 0 Å². The highest BCUT2D eigenvalue weighted by Gasteiger charge is 2.17. The fourth-order valence-corrected chi connectivity index (χ4v) is 1.86. The quantitative estimate of drug-likeness (QED) is 0.788. The van der Waals surface area contributed by atoms with Crippen molar-refractivity contribution in [2.75, 3.05) is 26.3 Å². The van der Waals surface area contributed by atoms with Gasteiger partial charge < -0.3 is 15.0 Å². The maximum absolute atomic E-state index is 12.0. The highest BCUT2D eigenvalue weighted by atomic mass is 16.5. The SMILES string of the molecule is CC(C)NCc1cn(CC(=O)N2CCOCC2)nn1. The number of morpholine rings is 1. The van der Waals surface area contributed by atoms with Crippen LogP contribution in [-0.2, 0) is 22.6 Å². The molecule has 1 aliphatic heterocycles. The molecule has 1 fully saturated rings. The summed E-state index contributed by atoms with van der Waals surface area (Å²) < 4.78 is 6.81. The predicted octanol–water partition coefficient (Wildman–Crippen LogP) is -0.365. The van der Waals surface area contributed by atoms with E-state index in [1.165, 1.54) is 0 Å². The summed E-state index contributed by atoms with van der Waals surface area (Å²) in [6.45, 7) is 7.63. The van der Waals surface area contributed by atoms with Crippen LogP contribution < -0.4 is 5.32 Å². The third-order valence-electron chi connectivity index (χ3n) is 2.94. The zero-order valence-corrected chi connectivity index (χ0v) is 11.5. The molecule has 0 atom stereocenters. The van der Waals surface area contributed by atoms with Crippen molar-refractivity contribution in [3.8, 4) is 0 Å². The molecule has 7 nitrogen and oxygen atoms in total. The molecule has 1 amide bonds. The third kappa shape index (κ3) is 4.29. The molecule has 0 spiro atoms. The summed E-state index contributed by atoms with van der Waals surface area (Å²) in [5, 5.41) is 11.3. The van der Waals surface area contributed by atoms with Crippen LogP contribution in [0.2, 0.25) is 0 Å². The van der Waals surface area contributed by atoms with E-state index in [-0.39, 0.29) is 12.5 Å². The minimum absolute atomic E-state index is 0.0663. The van der Waals surface area contributed by atoms with Gasteiger partial charge in [0.05, 0.1) is 25.1 Å². The molecule has 2 rings (SSSR count). The van der Waals surface area contributed by atoms with Crippen molar-refractivity contribution >= 4 is 5.91 Å². The molecule has 2 heterocycles. The first kappa shape index (κ1) is 14.0. The third-order valence-corrected chi connectivity index (χ3v) is 2.94. The van der Waals surface area contributed by atoms with Crippen molar-refractivity contribution in [3.05, 3.63) is 11.9 Å². The van der Waals surface area contributed by atoms with Crippen molar-refractivity contribution in [2.24, 2.45) is 0 Å². The summed E-state index contributed by atoms with van der Waals surface area (Å²) in [4.78, 5) is 13.8. The van der Waals surface area contributed by atoms with Gasteiger partial charge in [0.1, 0.15) is 6.54 Å². The number of amides is 1. The fourth-order valence-electron chi connectivity index (χ4n) is 1.86. The minimum Gasteiger partial charge on any atom is -0.378 e. The molecule has 0 aliphatic carbocycles. The molecular formula is C12H21N5O2. The molecule has 0 radical (unpaired) electrons. The Balaban J connectivity index is 1.83. The Morgan fingerprint density at radius 2 is 2.21 bits per heavy atom. The Morgan fingerprint density at radius 1 is 1.47 bits per heavy atom. The van der Waals surface area contributed by atoms with E-state index in [0.29, 0.717) is 38.9 Å². The average molecular weight is 267 g/mol. The van der Waals surface area contributed by atoms with Crippen LogP contribution in [0.3, 0.4) is 0 Å². The van der Waals surface area contributed by atoms with E-state index >= 15 is 0 Å². The summed E-state index contributed by atoms with van der Waals surface area (Å²) in [5.74, 6) is 0.0663. The second kappa shape index (κ2) is 6.63. The van der Waals surface area contributed by atoms with Gasteiger partial charge >= 0.3 is 0 Å². The second-order valence-corrected chi connectivity index (χ2v) is 4.94. The van der Waals surface area contributed by atoms with Gasteiger partial charge in [0, 0.05) is 25.7 Å². The molecule has 1 aliphatic rings. The molecule has 1 aromatic heterocycles. The van der Waals surface area contributed by atoms with Crippen LogP contribution in [0, 0.1) is 0 Å². The Labute approximate surface area is 112 Å². The van der Waals surface area contributed by atoms with Gasteiger partial charge in [0.15, 0.2) is 0 Å². The molecule has 19 heavy (non-hydrogen) atoms. The molecule has 106 valence electrons. The van der Waals surface area contributed by atoms with Gasteiger partial charge in [0.2, 0.25) is 5.91 Å². The van der Waals surface area contributed by atoms with Crippen LogP contribution >= 0.6 is 0 Å². The topological polar surface area (TPSA) is 72.3 Å². The second-order valence-electron chi connectivity index (χ2n) is 4.94. The Hall–Kier alpha value is -1.47. The summed E-state index contributed by atoms with van der Waals surface area (Å²) in [6.07, 6.45) is 1.81. The number of hydrogen-bond donors (Lipinski definition) is 1. The van der Waals surface area contributed by atoms with Crippen LogP contribution in [-0.4, -0.2) is 58.1 Å². The first-order valence-corrected chi connectivity index (χ1v) is 6.63. The van der Waals surface area contributed by atoms with Crippen LogP contribution in [0.1, 0.15) is 19.5 Å². The van der Waals surface area contributed by atoms with Gasteiger partial charge in [0.25, 0.3) is 0 Å². The number of rotatable bonds is 5. The van der Waals surface area contributed by atoms with E-state index in [0.717, 1.165) is 5.69 Å². The maximum atomic E-state index is 12.0. The zero-order valence-electron chi connectivity index (χ0n) is 11.5. The van der Waals surface area contributed by atoms with Gasteiger partial charge in [-0.05, 0) is 0 Å². The molecule has 1 saturated heterocycles. The molecule has 0 unspecified atom stereocenters. The van der Waals surface area contributed by atoms with E-state index in [9.17, 15) is 4.79 Å². The van der Waals surface area contributed by atoms with Gasteiger partial charge in [-0.3, -0.25) is 4.79 Å². The number of ether oxygens (including phenoxy) is 1. The molecule has 1 N–H and O–H groups in total. The average Bonchev–Trinajstić information content (AvgIpc) is 2.85. The lowest BCUT2D eigenvalue weighted by Crippen LogP contribution is -2.42. The van der Waals surface area contributed by atoms with Gasteiger partial charge in [-0.1, -0.05) is 19.1 Å². The minimum atomic E-state index is 0.0663. The summed E-state index contributed by atoms with van der Waals surface area (Å²) >= 11 is 0. The molecule has 1 aromatic rings. The van der Waals surface area contributed by atoms with E-state index in [2.05, 4.69) is 29.5 Å². The van der Waals surface area contributed by atoms with Gasteiger partial charge in [-0.25, -0.2) is 4.68 Å². The van der Waals surface area contributed by atoms with E-state index in [1.54, 1.807) is 9.58 Å². The van der Waals surface area contributed by atoms with Crippen molar-refractivity contribution in [1.82, 2.24) is 25.2 Å². The molecular weight excluding hydrogens is 246 g/mol. The van der Waals surface area contributed by atoms with Crippen molar-refractivity contribution in [3.63, 3.8) is 0 Å². The van der Waals surface area contributed by atoms with Crippen LogP contribution in [0.25, 0.3) is 0 Å². The van der Waals surface area contributed by atoms with Crippen molar-refractivity contribution in [2.45, 2.75) is 33.0 Å². The number of hydrogen-bond acceptors (Lipinski definition) is 5. The Kier molecular flexibility index (Phi) is 4.86. The van der Waals surface area contributed by atoms with E-state index in [1.807, 2.05) is 6.20 Å². The van der Waals surface area contributed by atoms with Crippen molar-refractivity contribution in [1.29, 1.82) is 0 Å². The first-order chi connectivity index (χ1) is 9.15. The predicted molar refractivity (Wildman–Crippen MR) is 69.4 cm³/mol. The van der Waals surface area contributed by atoms with Crippen LogP contribution in [0.15, 0.2) is 6.20 Å². The summed E-state index contributed by atoms with van der Waals surface area (Å²) in [5.41, 5.74) is 0.850. The summed E-state index contributed by atoms with van der Waals surface area (Å²) in [7, 11) is 0. The highest BCUT2D eigenvalue weighted by molar-refractivity contribution is 5.75. The number of carbonyl (C=O) groups is 1. The van der Waals surface area contributed by atoms with Crippen LogP contribution in [0.4, 0.5) is 0 Å². The fraction of sp³-hybridized carbons (Fsp3) is 0.750. The zero-order chi connectivity index (χ0) is 13.7. The molecule has 0 bridgehead atoms. The molecule has 0 aromatic carbocycles. The normalized spacial score (nSPS) is 16.1. The standard InChI is InChI=1S/C12H21N5O2/c1-10(2)13-7-11-8-17(15-14-11)9-12(18)16-3-5-19-6-4-16/h8,10,13H,3-7,9H2,1-2H3. The largest absolute Gasteiger partial charge is 0.378 e. The Bertz CT molecular complexity index is 412. The Morgan fingerprint density at radius 3 is 2.89 bits per heavy atom. The molecule has 7 heteroatoms. The number of carbonyl (C=O) groups excluding carboxylic acids is 1. The number of aromatic nitrogens is 3. The first-order valence-electron chi connectivity index (χ1n) is 6.63. The highest BCUT2D eigenvalue weighted by Crippen LogP contribution is 2.00. The van der Waals surface area contributed by atoms with Crippen molar-refractivity contribution < 1.29 is 9.53 Å². The number of nitrogens with zero attached hydrogens (tertiary/aromatic N) is 4. The number of nitrogens with one attached hydrogen (secondary N) is 1.